The van der Waals surface area contributed by atoms with Gasteiger partial charge in [-0.2, -0.15) is 0 Å². The molecule has 0 saturated carbocycles. The van der Waals surface area contributed by atoms with Crippen LogP contribution in [0.1, 0.15) is 11.1 Å². The lowest BCUT2D eigenvalue weighted by Gasteiger charge is -2.25. The average molecular weight is 813 g/mol. The van der Waals surface area contributed by atoms with Crippen LogP contribution in [0.25, 0.3) is 11.0 Å². The number of nitrogens with zero attached hydrogens (tertiary/aromatic N) is 4. The third-order valence-electron chi connectivity index (χ3n) is 10.2. The summed E-state index contributed by atoms with van der Waals surface area (Å²) < 4.78 is 18.5. The normalized spacial score (nSPS) is 11.9. The van der Waals surface area contributed by atoms with Crippen molar-refractivity contribution in [1.82, 2.24) is 19.8 Å². The Kier molecular flexibility index (Phi) is 13.7. The van der Waals surface area contributed by atoms with Gasteiger partial charge in [-0.3, -0.25) is 28.3 Å². The molecule has 6 rings (SSSR count). The third-order valence-corrected chi connectivity index (χ3v) is 10.2. The molecule has 14 nitrogen and oxygen atoms in total. The van der Waals surface area contributed by atoms with Crippen LogP contribution < -0.4 is 40.3 Å². The number of imidazole rings is 1. The summed E-state index contributed by atoms with van der Waals surface area (Å²) in [4.78, 5) is 72.9. The average Bonchev–Trinajstić information content (AvgIpc) is 3.53. The summed E-state index contributed by atoms with van der Waals surface area (Å²) in [6, 6.07) is 35.4. The highest BCUT2D eigenvalue weighted by Gasteiger charge is 2.29. The Labute approximate surface area is 347 Å². The molecule has 0 fully saturated rings. The summed E-state index contributed by atoms with van der Waals surface area (Å²) in [6.45, 7) is -0.924. The summed E-state index contributed by atoms with van der Waals surface area (Å²) in [5.41, 5.74) is 2.89. The molecular weight excluding hydrogens is 765 g/mol. The second-order valence-corrected chi connectivity index (χ2v) is 14.1. The second kappa shape index (κ2) is 19.4. The van der Waals surface area contributed by atoms with E-state index in [9.17, 15) is 24.0 Å². The number of likely N-dealkylation sites (N-methyl/N-ethyl adjacent to an activating group) is 2. The quantitative estimate of drug-likeness (QED) is 0.136. The number of carbonyl (C=O) groups excluding carboxylic acids is 4. The first kappa shape index (κ1) is 42.3. The van der Waals surface area contributed by atoms with Crippen LogP contribution in [0.2, 0.25) is 0 Å². The first-order valence-electron chi connectivity index (χ1n) is 19.3. The lowest BCUT2D eigenvalue weighted by atomic mass is 10.0. The van der Waals surface area contributed by atoms with Crippen LogP contribution in [0.3, 0.4) is 0 Å². The lowest BCUT2D eigenvalue weighted by Crippen LogP contribution is -2.50. The van der Waals surface area contributed by atoms with Crippen LogP contribution in [0.4, 0.5) is 11.4 Å². The maximum absolute atomic E-state index is 14.2. The molecule has 0 unspecified atom stereocenters. The van der Waals surface area contributed by atoms with Crippen LogP contribution >= 0.6 is 0 Å². The SMILES string of the molecule is COc1ccc(N(C)C(=O)[C@H](Cc2ccccc2)NC(=O)Cn2c(=O)n(CC(=O)N[C@@H](Cc3ccccc3)C(=O)N(C)c3ccc(OC)cc3)c3cc(OC)ccc32)cc1. The number of amides is 4. The summed E-state index contributed by atoms with van der Waals surface area (Å²) in [7, 11) is 7.84. The first-order valence-corrected chi connectivity index (χ1v) is 19.3. The van der Waals surface area contributed by atoms with Gasteiger partial charge in [0, 0.05) is 44.4 Å². The zero-order valence-electron chi connectivity index (χ0n) is 34.2. The number of ether oxygens (including phenoxy) is 3. The lowest BCUT2D eigenvalue weighted by molar-refractivity contribution is -0.128. The number of aromatic nitrogens is 2. The summed E-state index contributed by atoms with van der Waals surface area (Å²) in [6.07, 6.45) is 0.379. The molecule has 0 spiro atoms. The minimum atomic E-state index is -0.994. The molecule has 0 bridgehead atoms. The predicted molar refractivity (Wildman–Crippen MR) is 230 cm³/mol. The molecule has 0 aliphatic rings. The zero-order valence-corrected chi connectivity index (χ0v) is 34.2. The highest BCUT2D eigenvalue weighted by molar-refractivity contribution is 6.00. The van der Waals surface area contributed by atoms with Crippen LogP contribution in [0.15, 0.2) is 132 Å². The van der Waals surface area contributed by atoms with Gasteiger partial charge >= 0.3 is 5.69 Å². The van der Waals surface area contributed by atoms with Gasteiger partial charge in [-0.05, 0) is 71.8 Å². The van der Waals surface area contributed by atoms with Gasteiger partial charge in [0.25, 0.3) is 0 Å². The maximum atomic E-state index is 14.2. The second-order valence-electron chi connectivity index (χ2n) is 14.1. The summed E-state index contributed by atoms with van der Waals surface area (Å²) in [5.74, 6) is -0.253. The van der Waals surface area contributed by atoms with E-state index in [0.29, 0.717) is 39.7 Å². The molecule has 14 heteroatoms. The van der Waals surface area contributed by atoms with E-state index >= 15 is 0 Å². The fraction of sp³-hybridized carbons (Fsp3) is 0.239. The predicted octanol–water partition coefficient (Wildman–Crippen LogP) is 4.61. The Morgan fingerprint density at radius 3 is 1.32 bits per heavy atom. The molecule has 310 valence electrons. The van der Waals surface area contributed by atoms with E-state index in [1.165, 1.54) is 26.0 Å². The van der Waals surface area contributed by atoms with Crippen LogP contribution in [0.5, 0.6) is 17.2 Å². The van der Waals surface area contributed by atoms with Crippen molar-refractivity contribution in [3.8, 4) is 17.2 Å². The van der Waals surface area contributed by atoms with E-state index < -0.39 is 42.7 Å². The number of anilines is 2. The number of fused-ring (bicyclic) bond motifs is 1. The standard InChI is InChI=1S/C46H48N6O8/c1-49(33-16-20-35(58-3)21-17-33)44(55)38(26-31-12-8-6-9-13-31)47-42(53)29-51-40-25-24-37(60-5)28-41(40)52(46(51)57)30-43(54)48-39(27-32-14-10-7-11-15-32)45(56)50(2)34-18-22-36(59-4)23-19-34/h6-25,28,38-39H,26-27,29-30H2,1-5H3,(H,47,53)(H,48,54)/t38-,39-/m0/s1. The highest BCUT2D eigenvalue weighted by Crippen LogP contribution is 2.23. The minimum absolute atomic E-state index is 0.188. The molecule has 60 heavy (non-hydrogen) atoms. The van der Waals surface area contributed by atoms with Crippen molar-refractivity contribution in [2.45, 2.75) is 38.0 Å². The van der Waals surface area contributed by atoms with Crippen molar-refractivity contribution < 1.29 is 33.4 Å². The van der Waals surface area contributed by atoms with E-state index in [2.05, 4.69) is 10.6 Å². The Hall–Kier alpha value is -7.35. The molecule has 4 amide bonds. The molecule has 0 radical (unpaired) electrons. The Morgan fingerprint density at radius 1 is 0.533 bits per heavy atom. The van der Waals surface area contributed by atoms with Crippen molar-refractivity contribution >= 4 is 46.0 Å². The third kappa shape index (κ3) is 10.0. The molecule has 6 aromatic rings. The highest BCUT2D eigenvalue weighted by atomic mass is 16.5. The van der Waals surface area contributed by atoms with E-state index in [1.807, 2.05) is 60.7 Å². The number of hydrogen-bond donors (Lipinski definition) is 2. The largest absolute Gasteiger partial charge is 0.497 e. The van der Waals surface area contributed by atoms with Crippen LogP contribution in [-0.4, -0.2) is 80.3 Å². The topological polar surface area (TPSA) is 153 Å². The molecule has 5 aromatic carbocycles. The molecule has 0 aliphatic carbocycles. The Bertz CT molecular complexity index is 2490. The van der Waals surface area contributed by atoms with Gasteiger partial charge in [-0.25, -0.2) is 4.79 Å². The number of nitrogens with one attached hydrogen (secondary N) is 2. The summed E-state index contributed by atoms with van der Waals surface area (Å²) >= 11 is 0. The molecule has 0 saturated heterocycles. The first-order chi connectivity index (χ1) is 29.0. The van der Waals surface area contributed by atoms with E-state index in [-0.39, 0.29) is 24.7 Å². The molecule has 2 N–H and O–H groups in total. The van der Waals surface area contributed by atoms with Crippen molar-refractivity contribution in [3.63, 3.8) is 0 Å². The number of carbonyl (C=O) groups is 4. The van der Waals surface area contributed by atoms with Gasteiger partial charge in [0.05, 0.1) is 32.4 Å². The van der Waals surface area contributed by atoms with Crippen LogP contribution in [0, 0.1) is 0 Å². The van der Waals surface area contributed by atoms with Gasteiger partial charge in [0.15, 0.2) is 0 Å². The van der Waals surface area contributed by atoms with Crippen molar-refractivity contribution in [2.24, 2.45) is 0 Å². The van der Waals surface area contributed by atoms with Gasteiger partial charge in [0.2, 0.25) is 23.6 Å². The smallest absolute Gasteiger partial charge is 0.330 e. The zero-order chi connectivity index (χ0) is 42.8. The van der Waals surface area contributed by atoms with Crippen molar-refractivity contribution in [1.29, 1.82) is 0 Å². The van der Waals surface area contributed by atoms with Gasteiger partial charge in [-0.1, -0.05) is 60.7 Å². The van der Waals surface area contributed by atoms with Crippen molar-refractivity contribution in [2.75, 3.05) is 45.2 Å². The van der Waals surface area contributed by atoms with Crippen molar-refractivity contribution in [3.05, 3.63) is 149 Å². The fourth-order valence-corrected chi connectivity index (χ4v) is 6.93. The van der Waals surface area contributed by atoms with Crippen LogP contribution in [-0.2, 0) is 45.1 Å². The molecule has 2 atom stereocenters. The van der Waals surface area contributed by atoms with Gasteiger partial charge in [0.1, 0.15) is 42.4 Å². The fourth-order valence-electron chi connectivity index (χ4n) is 6.93. The molecular formula is C46H48N6O8. The molecule has 1 heterocycles. The van der Waals surface area contributed by atoms with E-state index in [4.69, 9.17) is 14.2 Å². The summed E-state index contributed by atoms with van der Waals surface area (Å²) in [5, 5.41) is 5.73. The van der Waals surface area contributed by atoms with Gasteiger partial charge in [-0.15, -0.1) is 0 Å². The minimum Gasteiger partial charge on any atom is -0.497 e. The molecule has 1 aromatic heterocycles. The van der Waals surface area contributed by atoms with Gasteiger partial charge < -0.3 is 34.6 Å². The number of rotatable bonds is 17. The number of hydrogen-bond acceptors (Lipinski definition) is 8. The Morgan fingerprint density at radius 2 is 0.917 bits per heavy atom. The Balaban J connectivity index is 1.26. The number of methoxy groups -OCH3 is 3. The monoisotopic (exact) mass is 812 g/mol. The number of benzene rings is 5. The molecule has 0 aliphatic heterocycles. The maximum Gasteiger partial charge on any atom is 0.330 e. The van der Waals surface area contributed by atoms with E-state index in [0.717, 1.165) is 11.1 Å². The van der Waals surface area contributed by atoms with E-state index in [1.54, 1.807) is 95.0 Å².